The number of benzene rings is 2. The van der Waals surface area contributed by atoms with Crippen molar-refractivity contribution in [3.05, 3.63) is 58.1 Å². The molecule has 192 valence electrons. The quantitative estimate of drug-likeness (QED) is 0.425. The zero-order chi connectivity index (χ0) is 24.8. The second-order valence-electron chi connectivity index (χ2n) is 9.39. The summed E-state index contributed by atoms with van der Waals surface area (Å²) in [5.74, 6) is 1.37. The van der Waals surface area contributed by atoms with E-state index in [1.807, 2.05) is 37.3 Å². The van der Waals surface area contributed by atoms with Gasteiger partial charge in [-0.25, -0.2) is 4.39 Å². The summed E-state index contributed by atoms with van der Waals surface area (Å²) in [6, 6.07) is 11.6. The molecule has 0 aliphatic carbocycles. The van der Waals surface area contributed by atoms with E-state index in [2.05, 4.69) is 0 Å². The summed E-state index contributed by atoms with van der Waals surface area (Å²) in [6.45, 7) is 2.99. The van der Waals surface area contributed by atoms with Gasteiger partial charge >= 0.3 is 0 Å². The lowest BCUT2D eigenvalue weighted by atomic mass is 9.93. The van der Waals surface area contributed by atoms with Crippen LogP contribution in [-0.2, 0) is 15.9 Å². The van der Waals surface area contributed by atoms with Gasteiger partial charge in [-0.2, -0.15) is 0 Å². The molecule has 2 saturated heterocycles. The summed E-state index contributed by atoms with van der Waals surface area (Å²) >= 11 is 6.66. The van der Waals surface area contributed by atoms with Crippen molar-refractivity contribution in [2.45, 2.75) is 63.0 Å². The smallest absolute Gasteiger partial charge is 0.157 e. The van der Waals surface area contributed by atoms with Crippen LogP contribution in [-0.4, -0.2) is 61.1 Å². The van der Waals surface area contributed by atoms with Gasteiger partial charge in [-0.05, 0) is 61.6 Å². The maximum Gasteiger partial charge on any atom is 0.157 e. The molecule has 2 fully saturated rings. The lowest BCUT2D eigenvalue weighted by Crippen LogP contribution is -2.45. The van der Waals surface area contributed by atoms with Gasteiger partial charge < -0.3 is 29.2 Å². The molecule has 0 aromatic heterocycles. The fourth-order valence-corrected chi connectivity index (χ4v) is 4.79. The van der Waals surface area contributed by atoms with E-state index in [1.54, 1.807) is 6.07 Å². The van der Waals surface area contributed by atoms with Crippen LogP contribution in [0.2, 0.25) is 5.02 Å². The van der Waals surface area contributed by atoms with Crippen LogP contribution < -0.4 is 9.47 Å². The molecule has 0 spiro atoms. The molecule has 0 radical (unpaired) electrons. The van der Waals surface area contributed by atoms with Gasteiger partial charge in [-0.1, -0.05) is 23.7 Å². The SMILES string of the molecule is CCOc1ccc(Cc2cc([C@H]3CC(O)C[C@@H](CO)O3)c(OCCCC3(F)COC3)cc2Cl)cc1. The minimum Gasteiger partial charge on any atom is -0.494 e. The topological polar surface area (TPSA) is 77.4 Å². The molecule has 2 aliphatic rings. The second kappa shape index (κ2) is 11.9. The minimum atomic E-state index is -1.25. The van der Waals surface area contributed by atoms with Gasteiger partial charge in [0.25, 0.3) is 0 Å². The van der Waals surface area contributed by atoms with E-state index >= 15 is 0 Å². The number of alkyl halides is 1. The molecule has 0 bridgehead atoms. The average Bonchev–Trinajstić information content (AvgIpc) is 2.83. The van der Waals surface area contributed by atoms with Crippen molar-refractivity contribution in [3.8, 4) is 11.5 Å². The van der Waals surface area contributed by atoms with Gasteiger partial charge in [0.1, 0.15) is 11.5 Å². The molecule has 2 aromatic rings. The van der Waals surface area contributed by atoms with E-state index in [0.717, 1.165) is 22.4 Å². The van der Waals surface area contributed by atoms with Crippen LogP contribution in [0.5, 0.6) is 11.5 Å². The highest BCUT2D eigenvalue weighted by atomic mass is 35.5. The summed E-state index contributed by atoms with van der Waals surface area (Å²) in [7, 11) is 0. The number of ether oxygens (including phenoxy) is 4. The Balaban J connectivity index is 1.53. The Kier molecular flexibility index (Phi) is 8.89. The molecule has 3 atom stereocenters. The number of hydrogen-bond donors (Lipinski definition) is 2. The van der Waals surface area contributed by atoms with Gasteiger partial charge in [0, 0.05) is 23.4 Å². The Labute approximate surface area is 210 Å². The second-order valence-corrected chi connectivity index (χ2v) is 9.79. The van der Waals surface area contributed by atoms with Crippen LogP contribution >= 0.6 is 11.6 Å². The predicted molar refractivity (Wildman–Crippen MR) is 131 cm³/mol. The first-order valence-corrected chi connectivity index (χ1v) is 12.6. The van der Waals surface area contributed by atoms with Crippen LogP contribution in [0.25, 0.3) is 0 Å². The van der Waals surface area contributed by atoms with Gasteiger partial charge in [0.05, 0.1) is 51.3 Å². The molecule has 0 amide bonds. The van der Waals surface area contributed by atoms with E-state index in [0.29, 0.717) is 56.1 Å². The number of aliphatic hydroxyl groups excluding tert-OH is 2. The summed E-state index contributed by atoms with van der Waals surface area (Å²) in [5.41, 5.74) is 1.49. The first kappa shape index (κ1) is 26.2. The van der Waals surface area contributed by atoms with Crippen molar-refractivity contribution in [3.63, 3.8) is 0 Å². The van der Waals surface area contributed by atoms with Crippen molar-refractivity contribution < 1.29 is 33.6 Å². The molecule has 0 saturated carbocycles. The third-order valence-corrected chi connectivity index (χ3v) is 6.84. The van der Waals surface area contributed by atoms with E-state index in [1.165, 1.54) is 0 Å². The number of hydrogen-bond acceptors (Lipinski definition) is 6. The molecule has 35 heavy (non-hydrogen) atoms. The summed E-state index contributed by atoms with van der Waals surface area (Å²) < 4.78 is 36.9. The molecule has 1 unspecified atom stereocenters. The molecule has 6 nitrogen and oxygen atoms in total. The fraction of sp³-hybridized carbons (Fsp3) is 0.556. The largest absolute Gasteiger partial charge is 0.494 e. The zero-order valence-corrected chi connectivity index (χ0v) is 20.8. The monoisotopic (exact) mass is 508 g/mol. The zero-order valence-electron chi connectivity index (χ0n) is 20.1. The standard InChI is InChI=1S/C27H34ClFO6/c1-2-33-21-6-4-18(5-7-21)10-19-11-23(26-13-20(31)12-22(15-30)35-26)25(14-24(19)28)34-9-3-8-27(29)16-32-17-27/h4-7,11,14,20,22,26,30-31H,2-3,8-10,12-13,15-17H2,1H3/t20?,22-,26+/m0/s1. The van der Waals surface area contributed by atoms with Crippen LogP contribution in [0.15, 0.2) is 36.4 Å². The normalized spacial score (nSPS) is 23.5. The van der Waals surface area contributed by atoms with Crippen molar-refractivity contribution >= 4 is 11.6 Å². The van der Waals surface area contributed by atoms with Crippen molar-refractivity contribution in [2.75, 3.05) is 33.0 Å². The van der Waals surface area contributed by atoms with E-state index in [-0.39, 0.29) is 19.8 Å². The first-order chi connectivity index (χ1) is 16.9. The highest BCUT2D eigenvalue weighted by molar-refractivity contribution is 6.31. The number of halogens is 2. The first-order valence-electron chi connectivity index (χ1n) is 12.3. The van der Waals surface area contributed by atoms with Crippen molar-refractivity contribution in [1.82, 2.24) is 0 Å². The van der Waals surface area contributed by atoms with E-state index < -0.39 is 24.0 Å². The Morgan fingerprint density at radius 3 is 2.57 bits per heavy atom. The maximum atomic E-state index is 14.2. The molecule has 2 heterocycles. The molecular formula is C27H34ClFO6. The summed E-state index contributed by atoms with van der Waals surface area (Å²) in [5, 5.41) is 20.6. The van der Waals surface area contributed by atoms with Crippen LogP contribution in [0.1, 0.15) is 55.4 Å². The number of aliphatic hydroxyl groups is 2. The number of rotatable bonds is 11. The lowest BCUT2D eigenvalue weighted by molar-refractivity contribution is -0.134. The highest BCUT2D eigenvalue weighted by Gasteiger charge is 2.38. The van der Waals surface area contributed by atoms with E-state index in [9.17, 15) is 14.6 Å². The molecule has 8 heteroatoms. The summed E-state index contributed by atoms with van der Waals surface area (Å²) in [4.78, 5) is 0. The van der Waals surface area contributed by atoms with Gasteiger partial charge in [0.15, 0.2) is 5.67 Å². The van der Waals surface area contributed by atoms with E-state index in [4.69, 9.17) is 30.5 Å². The minimum absolute atomic E-state index is 0.140. The molecule has 2 aromatic carbocycles. The third-order valence-electron chi connectivity index (χ3n) is 6.48. The van der Waals surface area contributed by atoms with Crippen molar-refractivity contribution in [2.24, 2.45) is 0 Å². The summed E-state index contributed by atoms with van der Waals surface area (Å²) in [6.07, 6.45) is 0.797. The highest BCUT2D eigenvalue weighted by Crippen LogP contribution is 2.40. The van der Waals surface area contributed by atoms with Crippen LogP contribution in [0.3, 0.4) is 0 Å². The molecular weight excluding hydrogens is 475 g/mol. The van der Waals surface area contributed by atoms with Gasteiger partial charge in [-0.15, -0.1) is 0 Å². The van der Waals surface area contributed by atoms with Gasteiger partial charge in [-0.3, -0.25) is 0 Å². The fourth-order valence-electron chi connectivity index (χ4n) is 4.57. The molecule has 2 N–H and O–H groups in total. The molecule has 4 rings (SSSR count). The maximum absolute atomic E-state index is 14.2. The predicted octanol–water partition coefficient (Wildman–Crippen LogP) is 4.80. The third kappa shape index (κ3) is 6.86. The Morgan fingerprint density at radius 1 is 1.14 bits per heavy atom. The van der Waals surface area contributed by atoms with Crippen LogP contribution in [0.4, 0.5) is 4.39 Å². The Bertz CT molecular complexity index is 965. The molecule has 2 aliphatic heterocycles. The average molecular weight is 509 g/mol. The van der Waals surface area contributed by atoms with Crippen molar-refractivity contribution in [1.29, 1.82) is 0 Å². The Morgan fingerprint density at radius 2 is 1.91 bits per heavy atom. The van der Waals surface area contributed by atoms with Gasteiger partial charge in [0.2, 0.25) is 0 Å². The lowest BCUT2D eigenvalue weighted by Gasteiger charge is -2.34. The Hall–Kier alpha value is -1.90. The van der Waals surface area contributed by atoms with Crippen LogP contribution in [0, 0.1) is 0 Å².